The molecule has 1 unspecified atom stereocenters. The molecule has 0 fully saturated rings. The van der Waals surface area contributed by atoms with Crippen LogP contribution in [0.5, 0.6) is 0 Å². The van der Waals surface area contributed by atoms with Gasteiger partial charge in [-0.05, 0) is 26.2 Å². The number of carbonyl (C=O) groups is 1. The summed E-state index contributed by atoms with van der Waals surface area (Å²) >= 11 is 0. The Morgan fingerprint density at radius 1 is 1.05 bits per heavy atom. The molecule has 0 saturated heterocycles. The zero-order valence-electron chi connectivity index (χ0n) is 12.6. The van der Waals surface area contributed by atoms with Crippen LogP contribution in [0.15, 0.2) is 0 Å². The molecule has 0 bridgehead atoms. The van der Waals surface area contributed by atoms with E-state index in [2.05, 4.69) is 6.07 Å². The predicted molar refractivity (Wildman–Crippen MR) is 77.6 cm³/mol. The first kappa shape index (κ1) is 18.0. The lowest BCUT2D eigenvalue weighted by atomic mass is 10.1. The van der Waals surface area contributed by atoms with Crippen LogP contribution in [0.4, 0.5) is 0 Å². The number of ether oxygens (including phenoxy) is 1. The Kier molecular flexibility index (Phi) is 12.7. The lowest BCUT2D eigenvalue weighted by Gasteiger charge is -2.10. The van der Waals surface area contributed by atoms with Gasteiger partial charge < -0.3 is 4.74 Å². The fraction of sp³-hybridized carbons (Fsp3) is 0.875. The lowest BCUT2D eigenvalue weighted by molar-refractivity contribution is -0.148. The Labute approximate surface area is 118 Å². The third-order valence-electron chi connectivity index (χ3n) is 3.33. The highest BCUT2D eigenvalue weighted by molar-refractivity contribution is 5.69. The van der Waals surface area contributed by atoms with Crippen LogP contribution in [0.2, 0.25) is 0 Å². The van der Waals surface area contributed by atoms with Gasteiger partial charge in [-0.15, -0.1) is 0 Å². The van der Waals surface area contributed by atoms with Crippen LogP contribution in [0, 0.1) is 11.3 Å². The summed E-state index contributed by atoms with van der Waals surface area (Å²) < 4.78 is 5.22. The molecular weight excluding hydrogens is 238 g/mol. The highest BCUT2D eigenvalue weighted by atomic mass is 16.5. The van der Waals surface area contributed by atoms with Crippen LogP contribution >= 0.6 is 0 Å². The van der Waals surface area contributed by atoms with E-state index in [1.165, 1.54) is 32.1 Å². The number of unbranched alkanes of at least 4 members (excludes halogenated alkanes) is 8. The summed E-state index contributed by atoms with van der Waals surface area (Å²) in [5.74, 6) is -0.0501. The largest absolute Gasteiger partial charge is 0.463 e. The normalized spacial score (nSPS) is 11.8. The van der Waals surface area contributed by atoms with E-state index in [-0.39, 0.29) is 12.1 Å². The SMILES string of the molecule is CCC(C)OC(=O)CCCCCCCCCCC#N. The van der Waals surface area contributed by atoms with Gasteiger partial charge in [0.1, 0.15) is 0 Å². The summed E-state index contributed by atoms with van der Waals surface area (Å²) in [6.07, 6.45) is 11.4. The fourth-order valence-corrected chi connectivity index (χ4v) is 1.90. The maximum absolute atomic E-state index is 11.4. The molecule has 0 aliphatic rings. The van der Waals surface area contributed by atoms with E-state index >= 15 is 0 Å². The van der Waals surface area contributed by atoms with Crippen LogP contribution in [-0.4, -0.2) is 12.1 Å². The van der Waals surface area contributed by atoms with Crippen molar-refractivity contribution in [2.45, 2.75) is 90.6 Å². The first-order chi connectivity index (χ1) is 9.20. The number of carbonyl (C=O) groups excluding carboxylic acids is 1. The van der Waals surface area contributed by atoms with Gasteiger partial charge in [-0.3, -0.25) is 4.79 Å². The Bertz CT molecular complexity index is 258. The average molecular weight is 267 g/mol. The Morgan fingerprint density at radius 3 is 2.11 bits per heavy atom. The van der Waals surface area contributed by atoms with Crippen molar-refractivity contribution >= 4 is 5.97 Å². The molecule has 0 heterocycles. The van der Waals surface area contributed by atoms with Gasteiger partial charge in [0, 0.05) is 12.8 Å². The summed E-state index contributed by atoms with van der Waals surface area (Å²) in [5.41, 5.74) is 0. The molecule has 1 atom stereocenters. The van der Waals surface area contributed by atoms with E-state index in [1.807, 2.05) is 13.8 Å². The van der Waals surface area contributed by atoms with E-state index in [1.54, 1.807) is 0 Å². The van der Waals surface area contributed by atoms with Crippen molar-refractivity contribution in [3.63, 3.8) is 0 Å². The van der Waals surface area contributed by atoms with E-state index in [4.69, 9.17) is 10.00 Å². The molecule has 0 radical (unpaired) electrons. The molecule has 0 aromatic rings. The summed E-state index contributed by atoms with van der Waals surface area (Å²) in [6.45, 7) is 3.96. The third-order valence-corrected chi connectivity index (χ3v) is 3.33. The standard InChI is InChI=1S/C16H29NO2/c1-3-15(2)19-16(18)13-11-9-7-5-4-6-8-10-12-14-17/h15H,3-13H2,1-2H3. The topological polar surface area (TPSA) is 50.1 Å². The van der Waals surface area contributed by atoms with E-state index in [0.717, 1.165) is 25.7 Å². The summed E-state index contributed by atoms with van der Waals surface area (Å²) in [7, 11) is 0. The molecule has 3 nitrogen and oxygen atoms in total. The summed E-state index contributed by atoms with van der Waals surface area (Å²) in [5, 5.41) is 8.39. The lowest BCUT2D eigenvalue weighted by Crippen LogP contribution is -2.13. The molecule has 19 heavy (non-hydrogen) atoms. The van der Waals surface area contributed by atoms with Gasteiger partial charge in [0.05, 0.1) is 12.2 Å². The second kappa shape index (κ2) is 13.4. The number of nitriles is 1. The van der Waals surface area contributed by atoms with Crippen LogP contribution in [0.25, 0.3) is 0 Å². The molecule has 3 heteroatoms. The highest BCUT2D eigenvalue weighted by Crippen LogP contribution is 2.11. The number of hydrogen-bond acceptors (Lipinski definition) is 3. The third kappa shape index (κ3) is 13.2. The molecule has 0 N–H and O–H groups in total. The van der Waals surface area contributed by atoms with Crippen LogP contribution in [0.1, 0.15) is 84.5 Å². The van der Waals surface area contributed by atoms with Gasteiger partial charge >= 0.3 is 5.97 Å². The van der Waals surface area contributed by atoms with Crippen molar-refractivity contribution in [2.75, 3.05) is 0 Å². The molecule has 110 valence electrons. The van der Waals surface area contributed by atoms with Crippen LogP contribution in [-0.2, 0) is 9.53 Å². The molecule has 0 aromatic carbocycles. The summed E-state index contributed by atoms with van der Waals surface area (Å²) in [6, 6.07) is 2.17. The van der Waals surface area contributed by atoms with E-state index in [9.17, 15) is 4.79 Å². The highest BCUT2D eigenvalue weighted by Gasteiger charge is 2.06. The smallest absolute Gasteiger partial charge is 0.306 e. The number of hydrogen-bond donors (Lipinski definition) is 0. The van der Waals surface area contributed by atoms with Gasteiger partial charge in [-0.1, -0.05) is 45.4 Å². The second-order valence-corrected chi connectivity index (χ2v) is 5.20. The molecule has 0 amide bonds. The summed E-state index contributed by atoms with van der Waals surface area (Å²) in [4.78, 5) is 11.4. The zero-order chi connectivity index (χ0) is 14.3. The molecule has 0 aliphatic heterocycles. The fourth-order valence-electron chi connectivity index (χ4n) is 1.90. The van der Waals surface area contributed by atoms with Crippen molar-refractivity contribution in [1.82, 2.24) is 0 Å². The van der Waals surface area contributed by atoms with Gasteiger partial charge in [0.15, 0.2) is 0 Å². The number of rotatable bonds is 12. The predicted octanol–water partition coefficient (Wildman–Crippen LogP) is 4.75. The Morgan fingerprint density at radius 2 is 1.58 bits per heavy atom. The minimum absolute atomic E-state index is 0.0501. The Balaban J connectivity index is 3.18. The monoisotopic (exact) mass is 267 g/mol. The van der Waals surface area contributed by atoms with Gasteiger partial charge in [0.2, 0.25) is 0 Å². The minimum atomic E-state index is -0.0501. The van der Waals surface area contributed by atoms with Gasteiger partial charge in [0.25, 0.3) is 0 Å². The minimum Gasteiger partial charge on any atom is -0.463 e. The quantitative estimate of drug-likeness (QED) is 0.378. The maximum atomic E-state index is 11.4. The second-order valence-electron chi connectivity index (χ2n) is 5.20. The number of nitrogens with zero attached hydrogens (tertiary/aromatic N) is 1. The number of esters is 1. The van der Waals surface area contributed by atoms with Crippen LogP contribution in [0.3, 0.4) is 0 Å². The van der Waals surface area contributed by atoms with E-state index < -0.39 is 0 Å². The first-order valence-electron chi connectivity index (χ1n) is 7.77. The molecular formula is C16H29NO2. The van der Waals surface area contributed by atoms with Gasteiger partial charge in [-0.2, -0.15) is 5.26 Å². The zero-order valence-corrected chi connectivity index (χ0v) is 12.6. The molecule has 0 spiro atoms. The van der Waals surface area contributed by atoms with Crippen molar-refractivity contribution in [3.05, 3.63) is 0 Å². The molecule has 0 saturated carbocycles. The Hall–Kier alpha value is -1.04. The van der Waals surface area contributed by atoms with Crippen molar-refractivity contribution in [3.8, 4) is 6.07 Å². The van der Waals surface area contributed by atoms with Crippen molar-refractivity contribution in [1.29, 1.82) is 5.26 Å². The van der Waals surface area contributed by atoms with Crippen LogP contribution < -0.4 is 0 Å². The molecule has 0 aromatic heterocycles. The maximum Gasteiger partial charge on any atom is 0.306 e. The van der Waals surface area contributed by atoms with E-state index in [0.29, 0.717) is 12.8 Å². The molecule has 0 aliphatic carbocycles. The van der Waals surface area contributed by atoms with Crippen molar-refractivity contribution in [2.24, 2.45) is 0 Å². The van der Waals surface area contributed by atoms with Gasteiger partial charge in [-0.25, -0.2) is 0 Å². The first-order valence-corrected chi connectivity index (χ1v) is 7.77. The average Bonchev–Trinajstić information content (AvgIpc) is 2.40. The van der Waals surface area contributed by atoms with Crippen molar-refractivity contribution < 1.29 is 9.53 Å². The molecule has 0 rings (SSSR count).